The predicted molar refractivity (Wildman–Crippen MR) is 81.2 cm³/mol. The van der Waals surface area contributed by atoms with Crippen molar-refractivity contribution in [2.75, 3.05) is 11.9 Å². The van der Waals surface area contributed by atoms with Crippen molar-refractivity contribution in [3.05, 3.63) is 47.0 Å². The number of rotatable bonds is 4. The Balaban J connectivity index is 1.70. The molecule has 0 unspecified atom stereocenters. The van der Waals surface area contributed by atoms with Crippen molar-refractivity contribution in [3.63, 3.8) is 0 Å². The van der Waals surface area contributed by atoms with Gasteiger partial charge in [0.2, 0.25) is 5.91 Å². The van der Waals surface area contributed by atoms with Gasteiger partial charge in [-0.2, -0.15) is 0 Å². The summed E-state index contributed by atoms with van der Waals surface area (Å²) in [6, 6.07) is 7.37. The topological polar surface area (TPSA) is 62.3 Å². The number of carbonyl (C=O) groups is 2. The predicted octanol–water partition coefficient (Wildman–Crippen LogP) is 2.52. The van der Waals surface area contributed by atoms with E-state index in [2.05, 4.69) is 10.3 Å². The number of anilines is 1. The van der Waals surface area contributed by atoms with Crippen molar-refractivity contribution in [2.45, 2.75) is 19.4 Å². The average molecular weight is 301 g/mol. The number of carbonyl (C=O) groups excluding carboxylic acids is 2. The zero-order valence-electron chi connectivity index (χ0n) is 11.4. The molecule has 2 aromatic rings. The van der Waals surface area contributed by atoms with Gasteiger partial charge in [0, 0.05) is 36.7 Å². The molecule has 1 aliphatic heterocycles. The Hall–Kier alpha value is -2.21. The molecule has 2 heterocycles. The van der Waals surface area contributed by atoms with Gasteiger partial charge in [0.25, 0.3) is 5.91 Å². The molecular weight excluding hydrogens is 286 g/mol. The maximum atomic E-state index is 12.1. The van der Waals surface area contributed by atoms with Gasteiger partial charge in [-0.25, -0.2) is 4.98 Å². The van der Waals surface area contributed by atoms with E-state index in [0.717, 1.165) is 18.5 Å². The van der Waals surface area contributed by atoms with Gasteiger partial charge in [0.15, 0.2) is 5.13 Å². The van der Waals surface area contributed by atoms with E-state index in [1.54, 1.807) is 12.3 Å². The maximum Gasteiger partial charge on any atom is 0.257 e. The molecule has 6 heteroatoms. The minimum absolute atomic E-state index is 0.181. The highest BCUT2D eigenvalue weighted by molar-refractivity contribution is 7.13. The van der Waals surface area contributed by atoms with Crippen molar-refractivity contribution >= 4 is 28.3 Å². The number of nitrogens with one attached hydrogen (secondary N) is 1. The molecule has 1 aliphatic rings. The number of nitrogens with zero attached hydrogens (tertiary/aromatic N) is 2. The maximum absolute atomic E-state index is 12.1. The van der Waals surface area contributed by atoms with Crippen LogP contribution in [0.2, 0.25) is 0 Å². The first-order valence-corrected chi connectivity index (χ1v) is 7.68. The lowest BCUT2D eigenvalue weighted by Crippen LogP contribution is -2.24. The van der Waals surface area contributed by atoms with Crippen molar-refractivity contribution in [2.24, 2.45) is 0 Å². The van der Waals surface area contributed by atoms with Crippen LogP contribution in [0.25, 0.3) is 0 Å². The first kappa shape index (κ1) is 13.8. The molecule has 0 bridgehead atoms. The van der Waals surface area contributed by atoms with E-state index in [9.17, 15) is 9.59 Å². The van der Waals surface area contributed by atoms with Gasteiger partial charge >= 0.3 is 0 Å². The fraction of sp³-hybridized carbons (Fsp3) is 0.267. The highest BCUT2D eigenvalue weighted by Crippen LogP contribution is 2.16. The summed E-state index contributed by atoms with van der Waals surface area (Å²) in [4.78, 5) is 29.7. The van der Waals surface area contributed by atoms with Gasteiger partial charge in [-0.15, -0.1) is 11.3 Å². The number of thiazole rings is 1. The summed E-state index contributed by atoms with van der Waals surface area (Å²) < 4.78 is 0. The van der Waals surface area contributed by atoms with Gasteiger partial charge in [0.1, 0.15) is 0 Å². The zero-order chi connectivity index (χ0) is 14.7. The van der Waals surface area contributed by atoms with Gasteiger partial charge in [-0.05, 0) is 24.1 Å². The van der Waals surface area contributed by atoms with Crippen LogP contribution in [-0.2, 0) is 11.3 Å². The summed E-state index contributed by atoms with van der Waals surface area (Å²) >= 11 is 1.38. The fourth-order valence-electron chi connectivity index (χ4n) is 2.36. The van der Waals surface area contributed by atoms with Crippen molar-refractivity contribution in [3.8, 4) is 0 Å². The first-order valence-electron chi connectivity index (χ1n) is 6.80. The Bertz CT molecular complexity index is 655. The summed E-state index contributed by atoms with van der Waals surface area (Å²) in [7, 11) is 0. The molecule has 21 heavy (non-hydrogen) atoms. The van der Waals surface area contributed by atoms with Crippen LogP contribution in [0.15, 0.2) is 35.8 Å². The molecule has 0 saturated carbocycles. The van der Waals surface area contributed by atoms with Gasteiger partial charge in [-0.3, -0.25) is 14.9 Å². The molecule has 5 nitrogen and oxygen atoms in total. The third-order valence-corrected chi connectivity index (χ3v) is 4.08. The number of hydrogen-bond acceptors (Lipinski definition) is 4. The lowest BCUT2D eigenvalue weighted by atomic mass is 10.1. The molecule has 1 saturated heterocycles. The summed E-state index contributed by atoms with van der Waals surface area (Å²) in [6.07, 6.45) is 3.20. The highest BCUT2D eigenvalue weighted by Gasteiger charge is 2.20. The monoisotopic (exact) mass is 301 g/mol. The molecule has 1 aromatic carbocycles. The quantitative estimate of drug-likeness (QED) is 0.944. The number of amides is 2. The van der Waals surface area contributed by atoms with Gasteiger partial charge in [-0.1, -0.05) is 12.1 Å². The van der Waals surface area contributed by atoms with E-state index in [1.807, 2.05) is 28.5 Å². The molecule has 0 aliphatic carbocycles. The molecule has 0 radical (unpaired) electrons. The molecule has 108 valence electrons. The molecule has 1 fully saturated rings. The Kier molecular flexibility index (Phi) is 3.96. The second-order valence-corrected chi connectivity index (χ2v) is 5.81. The summed E-state index contributed by atoms with van der Waals surface area (Å²) in [5.74, 6) is 0.00666. The van der Waals surface area contributed by atoms with Crippen LogP contribution < -0.4 is 5.32 Å². The number of aromatic nitrogens is 1. The number of likely N-dealkylation sites (tertiary alicyclic amines) is 1. The second-order valence-electron chi connectivity index (χ2n) is 4.91. The zero-order valence-corrected chi connectivity index (χ0v) is 12.2. The smallest absolute Gasteiger partial charge is 0.257 e. The van der Waals surface area contributed by atoms with Crippen molar-refractivity contribution < 1.29 is 9.59 Å². The van der Waals surface area contributed by atoms with Crippen molar-refractivity contribution in [1.29, 1.82) is 0 Å². The molecule has 1 N–H and O–H groups in total. The van der Waals surface area contributed by atoms with Gasteiger partial charge < -0.3 is 4.90 Å². The lowest BCUT2D eigenvalue weighted by Gasteiger charge is -2.15. The molecule has 1 aromatic heterocycles. The van der Waals surface area contributed by atoms with Crippen LogP contribution in [0.3, 0.4) is 0 Å². The van der Waals surface area contributed by atoms with E-state index in [1.165, 1.54) is 11.3 Å². The molecule has 3 rings (SSSR count). The molecule has 0 spiro atoms. The normalized spacial score (nSPS) is 14.5. The minimum atomic E-state index is -0.181. The Morgan fingerprint density at radius 3 is 3.05 bits per heavy atom. The third kappa shape index (κ3) is 3.28. The van der Waals surface area contributed by atoms with E-state index in [-0.39, 0.29) is 11.8 Å². The molecular formula is C15H15N3O2S. The van der Waals surface area contributed by atoms with Crippen LogP contribution in [0.5, 0.6) is 0 Å². The highest BCUT2D eigenvalue weighted by atomic mass is 32.1. The lowest BCUT2D eigenvalue weighted by molar-refractivity contribution is -0.128. The second kappa shape index (κ2) is 6.05. The summed E-state index contributed by atoms with van der Waals surface area (Å²) in [5.41, 5.74) is 1.55. The SMILES string of the molecule is O=C(Nc1nccs1)c1cccc(CN2CCCC2=O)c1. The first-order chi connectivity index (χ1) is 10.2. The summed E-state index contributed by atoms with van der Waals surface area (Å²) in [6.45, 7) is 1.37. The Labute approximate surface area is 126 Å². The Morgan fingerprint density at radius 2 is 2.33 bits per heavy atom. The standard InChI is InChI=1S/C15H15N3O2S/c19-13-5-2-7-18(13)10-11-3-1-4-12(9-11)14(20)17-15-16-6-8-21-15/h1,3-4,6,8-9H,2,5,7,10H2,(H,16,17,20). The number of benzene rings is 1. The minimum Gasteiger partial charge on any atom is -0.338 e. The third-order valence-electron chi connectivity index (χ3n) is 3.39. The number of hydrogen-bond donors (Lipinski definition) is 1. The van der Waals surface area contributed by atoms with E-state index >= 15 is 0 Å². The Morgan fingerprint density at radius 1 is 1.43 bits per heavy atom. The largest absolute Gasteiger partial charge is 0.338 e. The van der Waals surface area contributed by atoms with Crippen LogP contribution in [0.1, 0.15) is 28.8 Å². The van der Waals surface area contributed by atoms with Crippen LogP contribution in [0, 0.1) is 0 Å². The van der Waals surface area contributed by atoms with Crippen LogP contribution in [0.4, 0.5) is 5.13 Å². The fourth-order valence-corrected chi connectivity index (χ4v) is 2.88. The van der Waals surface area contributed by atoms with E-state index < -0.39 is 0 Å². The van der Waals surface area contributed by atoms with Gasteiger partial charge in [0.05, 0.1) is 0 Å². The molecule has 2 amide bonds. The average Bonchev–Trinajstić information content (AvgIpc) is 3.12. The van der Waals surface area contributed by atoms with Crippen LogP contribution >= 0.6 is 11.3 Å². The van der Waals surface area contributed by atoms with E-state index in [4.69, 9.17) is 0 Å². The molecule has 0 atom stereocenters. The summed E-state index contributed by atoms with van der Waals surface area (Å²) in [5, 5.41) is 5.15. The van der Waals surface area contributed by atoms with Crippen LogP contribution in [-0.4, -0.2) is 28.2 Å². The van der Waals surface area contributed by atoms with E-state index in [0.29, 0.717) is 23.7 Å². The van der Waals surface area contributed by atoms with Crippen molar-refractivity contribution in [1.82, 2.24) is 9.88 Å².